The number of alkyl halides is 3. The first kappa shape index (κ1) is 15.6. The van der Waals surface area contributed by atoms with Crippen LogP contribution in [0.5, 0.6) is 5.75 Å². The maximum absolute atomic E-state index is 12.7. The molecule has 0 radical (unpaired) electrons. The highest BCUT2D eigenvalue weighted by atomic mass is 19.4. The van der Waals surface area contributed by atoms with Crippen LogP contribution in [0.1, 0.15) is 12.0 Å². The lowest BCUT2D eigenvalue weighted by Gasteiger charge is -2.26. The summed E-state index contributed by atoms with van der Waals surface area (Å²) >= 11 is 0. The van der Waals surface area contributed by atoms with Gasteiger partial charge >= 0.3 is 6.18 Å². The molecule has 116 valence electrons. The van der Waals surface area contributed by atoms with Crippen molar-refractivity contribution in [1.29, 1.82) is 0 Å². The number of carbonyl (C=O) groups excluding carboxylic acids is 1. The number of amides is 1. The van der Waals surface area contributed by atoms with E-state index < -0.39 is 30.7 Å². The second-order valence-corrected chi connectivity index (χ2v) is 5.08. The minimum atomic E-state index is -4.73. The molecular weight excluding hydrogens is 287 g/mol. The van der Waals surface area contributed by atoms with Crippen LogP contribution in [0.15, 0.2) is 24.3 Å². The summed E-state index contributed by atoms with van der Waals surface area (Å²) in [7, 11) is 1.46. The molecule has 2 rings (SSSR count). The van der Waals surface area contributed by atoms with Crippen molar-refractivity contribution in [2.24, 2.45) is 0 Å². The predicted octanol–water partition coefficient (Wildman–Crippen LogP) is 1.76. The largest absolute Gasteiger partial charge is 0.496 e. The normalized spacial score (nSPS) is 22.4. The molecule has 0 spiro atoms. The number of aliphatic hydroxyl groups is 1. The second kappa shape index (κ2) is 5.55. The Kier molecular flexibility index (Phi) is 4.13. The molecule has 1 saturated heterocycles. The number of likely N-dealkylation sites (tertiary alicyclic amines) is 1. The fourth-order valence-corrected chi connectivity index (χ4v) is 2.36. The summed E-state index contributed by atoms with van der Waals surface area (Å²) in [6, 6.07) is 6.83. The Morgan fingerprint density at radius 2 is 2.10 bits per heavy atom. The first-order chi connectivity index (χ1) is 9.77. The minimum absolute atomic E-state index is 0.0576. The van der Waals surface area contributed by atoms with Gasteiger partial charge in [-0.15, -0.1) is 0 Å². The van der Waals surface area contributed by atoms with E-state index in [4.69, 9.17) is 4.74 Å². The minimum Gasteiger partial charge on any atom is -0.496 e. The highest BCUT2D eigenvalue weighted by Gasteiger charge is 2.57. The van der Waals surface area contributed by atoms with Crippen molar-refractivity contribution in [3.05, 3.63) is 29.8 Å². The number of rotatable bonds is 3. The summed E-state index contributed by atoms with van der Waals surface area (Å²) in [5, 5.41) is 9.57. The Balaban J connectivity index is 2.06. The zero-order valence-corrected chi connectivity index (χ0v) is 11.5. The van der Waals surface area contributed by atoms with Crippen molar-refractivity contribution < 1.29 is 27.8 Å². The molecule has 1 aliphatic rings. The number of hydrogen-bond donors (Lipinski definition) is 1. The average molecular weight is 303 g/mol. The third-order valence-corrected chi connectivity index (χ3v) is 3.66. The summed E-state index contributed by atoms with van der Waals surface area (Å²) in [5.74, 6) is 0.0517. The van der Waals surface area contributed by atoms with E-state index in [0.717, 1.165) is 4.90 Å². The van der Waals surface area contributed by atoms with Crippen LogP contribution in [0, 0.1) is 0 Å². The molecule has 1 unspecified atom stereocenters. The lowest BCUT2D eigenvalue weighted by Crippen LogP contribution is -2.48. The van der Waals surface area contributed by atoms with Gasteiger partial charge in [0.1, 0.15) is 5.75 Å². The SMILES string of the molecule is COc1ccccc1CC(=O)N1CCC(O)(C(F)(F)F)C1. The maximum atomic E-state index is 12.7. The van der Waals surface area contributed by atoms with Gasteiger partial charge in [0.25, 0.3) is 0 Å². The number of para-hydroxylation sites is 1. The lowest BCUT2D eigenvalue weighted by molar-refractivity contribution is -0.253. The topological polar surface area (TPSA) is 49.8 Å². The molecule has 1 heterocycles. The summed E-state index contributed by atoms with van der Waals surface area (Å²) in [5.41, 5.74) is -2.20. The van der Waals surface area contributed by atoms with E-state index in [-0.39, 0.29) is 13.0 Å². The van der Waals surface area contributed by atoms with Crippen LogP contribution in [0.2, 0.25) is 0 Å². The standard InChI is InChI=1S/C14H16F3NO3/c1-21-11-5-3-2-4-10(11)8-12(19)18-7-6-13(20,9-18)14(15,16)17/h2-5,20H,6-9H2,1H3. The van der Waals surface area contributed by atoms with E-state index in [9.17, 15) is 23.1 Å². The van der Waals surface area contributed by atoms with Crippen LogP contribution < -0.4 is 4.74 Å². The van der Waals surface area contributed by atoms with Gasteiger partial charge in [0.05, 0.1) is 20.1 Å². The molecule has 1 fully saturated rings. The molecule has 1 atom stereocenters. The van der Waals surface area contributed by atoms with Crippen LogP contribution in [0.25, 0.3) is 0 Å². The molecule has 0 bridgehead atoms. The monoisotopic (exact) mass is 303 g/mol. The Morgan fingerprint density at radius 1 is 1.43 bits per heavy atom. The van der Waals surface area contributed by atoms with Gasteiger partial charge < -0.3 is 14.7 Å². The Bertz CT molecular complexity index is 532. The zero-order valence-electron chi connectivity index (χ0n) is 11.5. The van der Waals surface area contributed by atoms with Crippen molar-refractivity contribution in [2.45, 2.75) is 24.6 Å². The van der Waals surface area contributed by atoms with Gasteiger partial charge in [-0.2, -0.15) is 13.2 Å². The molecule has 1 aliphatic heterocycles. The van der Waals surface area contributed by atoms with Crippen LogP contribution in [-0.4, -0.2) is 47.9 Å². The smallest absolute Gasteiger partial charge is 0.419 e. The summed E-state index contributed by atoms with van der Waals surface area (Å²) < 4.78 is 43.3. The lowest BCUT2D eigenvalue weighted by atomic mass is 10.0. The Labute approximate surface area is 120 Å². The second-order valence-electron chi connectivity index (χ2n) is 5.08. The maximum Gasteiger partial charge on any atom is 0.419 e. The van der Waals surface area contributed by atoms with Gasteiger partial charge in [-0.1, -0.05) is 18.2 Å². The van der Waals surface area contributed by atoms with E-state index >= 15 is 0 Å². The van der Waals surface area contributed by atoms with Crippen LogP contribution in [-0.2, 0) is 11.2 Å². The Morgan fingerprint density at radius 3 is 2.67 bits per heavy atom. The number of benzene rings is 1. The molecule has 1 aromatic rings. The number of halogens is 3. The number of methoxy groups -OCH3 is 1. The molecule has 1 aromatic carbocycles. The van der Waals surface area contributed by atoms with Gasteiger partial charge in [-0.25, -0.2) is 0 Å². The van der Waals surface area contributed by atoms with E-state index in [1.807, 2.05) is 0 Å². The van der Waals surface area contributed by atoms with Gasteiger partial charge in [0.2, 0.25) is 5.91 Å². The van der Waals surface area contributed by atoms with E-state index in [2.05, 4.69) is 0 Å². The van der Waals surface area contributed by atoms with Crippen molar-refractivity contribution in [3.8, 4) is 5.75 Å². The molecule has 1 N–H and O–H groups in total. The van der Waals surface area contributed by atoms with Gasteiger partial charge in [0.15, 0.2) is 5.60 Å². The molecule has 21 heavy (non-hydrogen) atoms. The molecule has 0 aromatic heterocycles. The van der Waals surface area contributed by atoms with Gasteiger partial charge in [-0.3, -0.25) is 4.79 Å². The molecule has 0 saturated carbocycles. The van der Waals surface area contributed by atoms with Crippen molar-refractivity contribution in [1.82, 2.24) is 4.90 Å². The first-order valence-electron chi connectivity index (χ1n) is 6.45. The number of nitrogens with zero attached hydrogens (tertiary/aromatic N) is 1. The quantitative estimate of drug-likeness (QED) is 0.926. The average Bonchev–Trinajstić information content (AvgIpc) is 2.83. The molecular formula is C14H16F3NO3. The van der Waals surface area contributed by atoms with E-state index in [1.54, 1.807) is 24.3 Å². The highest BCUT2D eigenvalue weighted by molar-refractivity contribution is 5.80. The summed E-state index contributed by atoms with van der Waals surface area (Å²) in [6.45, 7) is -0.825. The van der Waals surface area contributed by atoms with Crippen molar-refractivity contribution in [3.63, 3.8) is 0 Å². The van der Waals surface area contributed by atoms with Crippen molar-refractivity contribution in [2.75, 3.05) is 20.2 Å². The fourth-order valence-electron chi connectivity index (χ4n) is 2.36. The number of hydrogen-bond acceptors (Lipinski definition) is 3. The zero-order chi connectivity index (χ0) is 15.7. The van der Waals surface area contributed by atoms with Crippen molar-refractivity contribution >= 4 is 5.91 Å². The summed E-state index contributed by atoms with van der Waals surface area (Å²) in [4.78, 5) is 13.1. The number of ether oxygens (including phenoxy) is 1. The fraction of sp³-hybridized carbons (Fsp3) is 0.500. The van der Waals surface area contributed by atoms with Crippen LogP contribution >= 0.6 is 0 Å². The highest BCUT2D eigenvalue weighted by Crippen LogP contribution is 2.37. The van der Waals surface area contributed by atoms with Crippen LogP contribution in [0.4, 0.5) is 13.2 Å². The van der Waals surface area contributed by atoms with Gasteiger partial charge in [-0.05, 0) is 6.07 Å². The van der Waals surface area contributed by atoms with E-state index in [0.29, 0.717) is 11.3 Å². The Hall–Kier alpha value is -1.76. The van der Waals surface area contributed by atoms with Crippen LogP contribution in [0.3, 0.4) is 0 Å². The first-order valence-corrected chi connectivity index (χ1v) is 6.45. The third kappa shape index (κ3) is 3.12. The molecule has 7 heteroatoms. The van der Waals surface area contributed by atoms with Gasteiger partial charge in [0, 0.05) is 18.5 Å². The summed E-state index contributed by atoms with van der Waals surface area (Å²) in [6.07, 6.45) is -5.28. The third-order valence-electron chi connectivity index (χ3n) is 3.66. The number of β-amino-alcohol motifs (C(OH)–C–C–N with tert-alkyl or cyclic N) is 1. The number of carbonyl (C=O) groups is 1. The predicted molar refractivity (Wildman–Crippen MR) is 68.9 cm³/mol. The molecule has 1 amide bonds. The van der Waals surface area contributed by atoms with E-state index in [1.165, 1.54) is 7.11 Å². The molecule has 4 nitrogen and oxygen atoms in total. The molecule has 0 aliphatic carbocycles.